The third kappa shape index (κ3) is 5.31. The van der Waals surface area contributed by atoms with Crippen LogP contribution in [0.25, 0.3) is 0 Å². The third-order valence-electron chi connectivity index (χ3n) is 6.82. The monoisotopic (exact) mass is 458 g/mol. The van der Waals surface area contributed by atoms with Gasteiger partial charge in [0.1, 0.15) is 0 Å². The molecule has 0 spiro atoms. The van der Waals surface area contributed by atoms with Gasteiger partial charge in [-0.15, -0.1) is 9.24 Å². The van der Waals surface area contributed by atoms with E-state index < -0.39 is 5.92 Å². The van der Waals surface area contributed by atoms with E-state index in [1.165, 1.54) is 4.90 Å². The van der Waals surface area contributed by atoms with Crippen molar-refractivity contribution >= 4 is 21.1 Å². The molecule has 8 heteroatoms. The molecule has 1 aliphatic carbocycles. The number of hydrogen-bond donors (Lipinski definition) is 2. The van der Waals surface area contributed by atoms with Crippen LogP contribution in [0.15, 0.2) is 18.2 Å². The van der Waals surface area contributed by atoms with Crippen molar-refractivity contribution in [2.24, 2.45) is 17.6 Å². The van der Waals surface area contributed by atoms with Gasteiger partial charge in [0.25, 0.3) is 0 Å². The largest absolute Gasteiger partial charge is 0.381 e. The zero-order valence-electron chi connectivity index (χ0n) is 19.2. The molecule has 3 rings (SSSR count). The minimum absolute atomic E-state index is 0.0502. The standard InChI is InChI=1S/C24H35N4O3P/c1-14(22(30-3)15(2)32)9-18-11-17-7-6-16(12-25)10-20(17)21(18)23(29)28(24(26)27)13-19-5-4-8-31-19/h6-7,10,14-15,18-19,21-22H,4-5,8-9,11,13,32H2,1-3H3,(H3,26,27)/t14?,15?,18?,19?,21?,22-/m1/s1. The van der Waals surface area contributed by atoms with Crippen LogP contribution < -0.4 is 5.73 Å². The van der Waals surface area contributed by atoms with Crippen LogP contribution >= 0.6 is 9.24 Å². The van der Waals surface area contributed by atoms with Crippen molar-refractivity contribution in [1.82, 2.24) is 4.90 Å². The molecule has 1 aromatic rings. The molecule has 1 aliphatic heterocycles. The number of carbonyl (C=O) groups is 1. The Morgan fingerprint density at radius 1 is 1.47 bits per heavy atom. The summed E-state index contributed by atoms with van der Waals surface area (Å²) in [6, 6.07) is 7.79. The van der Waals surface area contributed by atoms with Gasteiger partial charge in [-0.3, -0.25) is 15.1 Å². The van der Waals surface area contributed by atoms with Gasteiger partial charge < -0.3 is 15.2 Å². The highest BCUT2D eigenvalue weighted by molar-refractivity contribution is 7.17. The fourth-order valence-corrected chi connectivity index (χ4v) is 5.93. The Balaban J connectivity index is 1.92. The summed E-state index contributed by atoms with van der Waals surface area (Å²) >= 11 is 0. The third-order valence-corrected chi connectivity index (χ3v) is 7.20. The minimum atomic E-state index is -0.441. The lowest BCUT2D eigenvalue weighted by molar-refractivity contribution is -0.131. The summed E-state index contributed by atoms with van der Waals surface area (Å²) < 4.78 is 11.4. The van der Waals surface area contributed by atoms with Gasteiger partial charge in [-0.25, -0.2) is 0 Å². The first-order chi connectivity index (χ1) is 15.3. The quantitative estimate of drug-likeness (QED) is 0.353. The Kier molecular flexibility index (Phi) is 8.27. The van der Waals surface area contributed by atoms with E-state index in [4.69, 9.17) is 20.6 Å². The van der Waals surface area contributed by atoms with Gasteiger partial charge in [-0.2, -0.15) is 5.26 Å². The van der Waals surface area contributed by atoms with Crippen molar-refractivity contribution in [1.29, 1.82) is 10.7 Å². The van der Waals surface area contributed by atoms with Gasteiger partial charge in [0.15, 0.2) is 5.96 Å². The minimum Gasteiger partial charge on any atom is -0.381 e. The maximum absolute atomic E-state index is 13.8. The second-order valence-electron chi connectivity index (χ2n) is 9.21. The van der Waals surface area contributed by atoms with Crippen LogP contribution in [-0.2, 0) is 20.7 Å². The molecule has 0 bridgehead atoms. The van der Waals surface area contributed by atoms with Crippen LogP contribution in [0.3, 0.4) is 0 Å². The van der Waals surface area contributed by atoms with E-state index in [-0.39, 0.29) is 41.6 Å². The molecule has 1 amide bonds. The lowest BCUT2D eigenvalue weighted by atomic mass is 9.82. The smallest absolute Gasteiger partial charge is 0.237 e. The maximum Gasteiger partial charge on any atom is 0.237 e. The molecule has 174 valence electrons. The first kappa shape index (κ1) is 24.6. The van der Waals surface area contributed by atoms with Gasteiger partial charge in [-0.1, -0.05) is 19.9 Å². The number of carbonyl (C=O) groups excluding carboxylic acids is 1. The van der Waals surface area contributed by atoms with Crippen LogP contribution in [-0.4, -0.2) is 54.9 Å². The zero-order chi connectivity index (χ0) is 23.4. The van der Waals surface area contributed by atoms with Gasteiger partial charge >= 0.3 is 0 Å². The number of ether oxygens (including phenoxy) is 2. The molecular formula is C24H35N4O3P. The Bertz CT molecular complexity index is 878. The van der Waals surface area contributed by atoms with Gasteiger partial charge in [-0.05, 0) is 66.4 Å². The number of benzene rings is 1. The summed E-state index contributed by atoms with van der Waals surface area (Å²) in [6.07, 6.45) is 3.34. The Morgan fingerprint density at radius 3 is 2.78 bits per heavy atom. The summed E-state index contributed by atoms with van der Waals surface area (Å²) in [4.78, 5) is 15.2. The second kappa shape index (κ2) is 10.7. The molecular weight excluding hydrogens is 423 g/mol. The van der Waals surface area contributed by atoms with E-state index >= 15 is 0 Å². The first-order valence-corrected chi connectivity index (χ1v) is 12.0. The number of amides is 1. The van der Waals surface area contributed by atoms with E-state index in [1.54, 1.807) is 7.11 Å². The highest BCUT2D eigenvalue weighted by Crippen LogP contribution is 2.43. The number of hydrogen-bond acceptors (Lipinski definition) is 5. The van der Waals surface area contributed by atoms with E-state index in [0.29, 0.717) is 18.7 Å². The second-order valence-corrected chi connectivity index (χ2v) is 10.3. The number of fused-ring (bicyclic) bond motifs is 1. The van der Waals surface area contributed by atoms with Crippen molar-refractivity contribution in [3.05, 3.63) is 34.9 Å². The number of nitrogens with zero attached hydrogens (tertiary/aromatic N) is 2. The number of methoxy groups -OCH3 is 1. The van der Waals surface area contributed by atoms with Gasteiger partial charge in [0.05, 0.1) is 36.3 Å². The molecule has 7 atom stereocenters. The van der Waals surface area contributed by atoms with E-state index in [9.17, 15) is 10.1 Å². The number of guanidine groups is 1. The van der Waals surface area contributed by atoms with Crippen LogP contribution in [0.4, 0.5) is 0 Å². The van der Waals surface area contributed by atoms with E-state index in [0.717, 1.165) is 36.8 Å². The number of rotatable bonds is 8. The summed E-state index contributed by atoms with van der Waals surface area (Å²) in [5.41, 5.74) is 8.67. The van der Waals surface area contributed by atoms with E-state index in [1.807, 2.05) is 18.2 Å². The van der Waals surface area contributed by atoms with Crippen LogP contribution in [0, 0.1) is 28.6 Å². The normalized spacial score (nSPS) is 24.9. The topological polar surface area (TPSA) is 112 Å². The lowest BCUT2D eigenvalue weighted by Gasteiger charge is -2.32. The fraction of sp³-hybridized carbons (Fsp3) is 0.625. The molecule has 0 radical (unpaired) electrons. The highest BCUT2D eigenvalue weighted by Gasteiger charge is 2.42. The average Bonchev–Trinajstić information content (AvgIpc) is 3.38. The van der Waals surface area contributed by atoms with Crippen molar-refractivity contribution in [3.63, 3.8) is 0 Å². The Labute approximate surface area is 193 Å². The Hall–Kier alpha value is -2.00. The van der Waals surface area contributed by atoms with E-state index in [2.05, 4.69) is 29.2 Å². The number of nitriles is 1. The molecule has 1 saturated heterocycles. The molecule has 0 aromatic heterocycles. The zero-order valence-corrected chi connectivity index (χ0v) is 20.4. The molecule has 6 unspecified atom stereocenters. The maximum atomic E-state index is 13.8. The molecule has 32 heavy (non-hydrogen) atoms. The summed E-state index contributed by atoms with van der Waals surface area (Å²) in [6.45, 7) is 5.24. The van der Waals surface area contributed by atoms with Crippen molar-refractivity contribution in [2.45, 2.75) is 63.3 Å². The van der Waals surface area contributed by atoms with Crippen molar-refractivity contribution < 1.29 is 14.3 Å². The van der Waals surface area contributed by atoms with Crippen molar-refractivity contribution in [3.8, 4) is 6.07 Å². The van der Waals surface area contributed by atoms with Crippen LogP contribution in [0.5, 0.6) is 0 Å². The van der Waals surface area contributed by atoms with Crippen molar-refractivity contribution in [2.75, 3.05) is 20.3 Å². The van der Waals surface area contributed by atoms with Gasteiger partial charge in [0, 0.05) is 13.7 Å². The SMILES string of the molecule is CO[C@@H](C(C)P)C(C)CC1Cc2ccc(C#N)cc2C1C(=O)N(CC1CCCO1)C(=N)N. The van der Waals surface area contributed by atoms with Crippen LogP contribution in [0.1, 0.15) is 55.7 Å². The summed E-state index contributed by atoms with van der Waals surface area (Å²) in [5.74, 6) is -0.582. The lowest BCUT2D eigenvalue weighted by Crippen LogP contribution is -2.48. The predicted molar refractivity (Wildman–Crippen MR) is 127 cm³/mol. The average molecular weight is 459 g/mol. The van der Waals surface area contributed by atoms with Gasteiger partial charge in [0.2, 0.25) is 5.91 Å². The number of nitrogens with two attached hydrogens (primary N) is 1. The molecule has 1 heterocycles. The number of nitrogens with one attached hydrogen (secondary N) is 1. The summed E-state index contributed by atoms with van der Waals surface area (Å²) in [7, 11) is 4.54. The predicted octanol–water partition coefficient (Wildman–Crippen LogP) is 3.02. The fourth-order valence-electron chi connectivity index (χ4n) is 5.39. The molecule has 1 fully saturated rings. The molecule has 3 N–H and O–H groups in total. The Morgan fingerprint density at radius 2 is 2.22 bits per heavy atom. The summed E-state index contributed by atoms with van der Waals surface area (Å²) in [5, 5.41) is 17.5. The molecule has 1 aromatic carbocycles. The highest BCUT2D eigenvalue weighted by atomic mass is 31.0. The first-order valence-electron chi connectivity index (χ1n) is 11.3. The molecule has 0 saturated carbocycles. The molecule has 7 nitrogen and oxygen atoms in total. The van der Waals surface area contributed by atoms with Crippen LogP contribution in [0.2, 0.25) is 0 Å². The molecule has 2 aliphatic rings.